The van der Waals surface area contributed by atoms with Gasteiger partial charge in [0.05, 0.1) is 6.10 Å². The zero-order chi connectivity index (χ0) is 12.0. The summed E-state index contributed by atoms with van der Waals surface area (Å²) >= 11 is 0. The third kappa shape index (κ3) is 5.86. The number of nitrogens with one attached hydrogen (secondary N) is 1. The molecule has 0 bridgehead atoms. The molecule has 1 N–H and O–H groups in total. The summed E-state index contributed by atoms with van der Waals surface area (Å²) in [5.74, 6) is 1.74. The Morgan fingerprint density at radius 3 is 2.31 bits per heavy atom. The van der Waals surface area contributed by atoms with Gasteiger partial charge in [0.25, 0.3) is 0 Å². The Balaban J connectivity index is 1.96. The molecule has 2 nitrogen and oxygen atoms in total. The van der Waals surface area contributed by atoms with Gasteiger partial charge in [0, 0.05) is 12.6 Å². The summed E-state index contributed by atoms with van der Waals surface area (Å²) in [6.07, 6.45) is 5.67. The van der Waals surface area contributed by atoms with Gasteiger partial charge >= 0.3 is 0 Å². The second kappa shape index (κ2) is 7.29. The molecule has 1 atom stereocenters. The lowest BCUT2D eigenvalue weighted by atomic mass is 9.99. The molecule has 0 aromatic heterocycles. The Morgan fingerprint density at radius 2 is 1.81 bits per heavy atom. The first-order chi connectivity index (χ1) is 7.61. The first-order valence-electron chi connectivity index (χ1n) is 6.96. The summed E-state index contributed by atoms with van der Waals surface area (Å²) in [5.41, 5.74) is 0. The van der Waals surface area contributed by atoms with Crippen LogP contribution < -0.4 is 5.32 Å². The van der Waals surface area contributed by atoms with Crippen LogP contribution in [0.1, 0.15) is 53.4 Å². The van der Waals surface area contributed by atoms with Gasteiger partial charge in [-0.2, -0.15) is 0 Å². The third-order valence-corrected chi connectivity index (χ3v) is 3.25. The molecule has 1 unspecified atom stereocenters. The minimum absolute atomic E-state index is 0.378. The number of hydrogen-bond acceptors (Lipinski definition) is 2. The van der Waals surface area contributed by atoms with Gasteiger partial charge in [-0.15, -0.1) is 0 Å². The van der Waals surface area contributed by atoms with Crippen molar-refractivity contribution in [3.63, 3.8) is 0 Å². The highest BCUT2D eigenvalue weighted by Gasteiger charge is 2.32. The minimum Gasteiger partial charge on any atom is -0.379 e. The second-order valence-electron chi connectivity index (χ2n) is 5.69. The van der Waals surface area contributed by atoms with E-state index in [1.54, 1.807) is 0 Å². The summed E-state index contributed by atoms with van der Waals surface area (Å²) in [6.45, 7) is 10.9. The van der Waals surface area contributed by atoms with Crippen molar-refractivity contribution in [2.75, 3.05) is 13.2 Å². The first kappa shape index (κ1) is 14.0. The van der Waals surface area contributed by atoms with Crippen molar-refractivity contribution in [3.05, 3.63) is 0 Å². The van der Waals surface area contributed by atoms with Crippen LogP contribution in [0.5, 0.6) is 0 Å². The molecule has 1 aliphatic rings. The van der Waals surface area contributed by atoms with Gasteiger partial charge in [-0.3, -0.25) is 0 Å². The standard InChI is InChI=1S/C14H29NO/c1-11(2)14(13-7-8-13)15-9-5-6-10-16-12(3)4/h11-15H,5-10H2,1-4H3. The fraction of sp³-hybridized carbons (Fsp3) is 1.00. The lowest BCUT2D eigenvalue weighted by molar-refractivity contribution is 0.0758. The number of ether oxygens (including phenoxy) is 1. The molecule has 16 heavy (non-hydrogen) atoms. The van der Waals surface area contributed by atoms with Crippen molar-refractivity contribution in [1.82, 2.24) is 5.32 Å². The first-order valence-corrected chi connectivity index (χ1v) is 6.96. The van der Waals surface area contributed by atoms with E-state index in [4.69, 9.17) is 4.74 Å². The lowest BCUT2D eigenvalue weighted by Crippen LogP contribution is -2.36. The van der Waals surface area contributed by atoms with E-state index in [0.717, 1.165) is 31.0 Å². The van der Waals surface area contributed by atoms with Gasteiger partial charge < -0.3 is 10.1 Å². The maximum absolute atomic E-state index is 5.53. The second-order valence-corrected chi connectivity index (χ2v) is 5.69. The fourth-order valence-corrected chi connectivity index (χ4v) is 2.22. The molecular weight excluding hydrogens is 198 g/mol. The van der Waals surface area contributed by atoms with Crippen molar-refractivity contribution in [3.8, 4) is 0 Å². The zero-order valence-electron chi connectivity index (χ0n) is 11.5. The van der Waals surface area contributed by atoms with E-state index >= 15 is 0 Å². The van der Waals surface area contributed by atoms with Gasteiger partial charge in [-0.25, -0.2) is 0 Å². The molecule has 96 valence electrons. The molecule has 0 radical (unpaired) electrons. The van der Waals surface area contributed by atoms with Crippen LogP contribution >= 0.6 is 0 Å². The highest BCUT2D eigenvalue weighted by molar-refractivity contribution is 4.88. The van der Waals surface area contributed by atoms with Crippen molar-refractivity contribution < 1.29 is 4.74 Å². The molecule has 0 spiro atoms. The average molecular weight is 227 g/mol. The normalized spacial score (nSPS) is 18.4. The van der Waals surface area contributed by atoms with E-state index in [0.29, 0.717) is 6.10 Å². The maximum Gasteiger partial charge on any atom is 0.0518 e. The Hall–Kier alpha value is -0.0800. The van der Waals surface area contributed by atoms with Crippen LogP contribution in [-0.2, 0) is 4.74 Å². The van der Waals surface area contributed by atoms with Gasteiger partial charge in [-0.1, -0.05) is 13.8 Å². The van der Waals surface area contributed by atoms with E-state index in [1.165, 1.54) is 25.7 Å². The van der Waals surface area contributed by atoms with Gasteiger partial charge in [0.15, 0.2) is 0 Å². The lowest BCUT2D eigenvalue weighted by Gasteiger charge is -2.22. The Kier molecular flexibility index (Phi) is 6.37. The van der Waals surface area contributed by atoms with Crippen LogP contribution in [0.15, 0.2) is 0 Å². The topological polar surface area (TPSA) is 21.3 Å². The highest BCUT2D eigenvalue weighted by Crippen LogP contribution is 2.35. The Labute approximate surface area is 101 Å². The number of hydrogen-bond donors (Lipinski definition) is 1. The smallest absolute Gasteiger partial charge is 0.0518 e. The molecule has 2 heteroatoms. The zero-order valence-corrected chi connectivity index (χ0v) is 11.5. The Morgan fingerprint density at radius 1 is 1.12 bits per heavy atom. The van der Waals surface area contributed by atoms with E-state index in [-0.39, 0.29) is 0 Å². The van der Waals surface area contributed by atoms with Crippen molar-refractivity contribution in [1.29, 1.82) is 0 Å². The molecular formula is C14H29NO. The van der Waals surface area contributed by atoms with E-state index in [1.807, 2.05) is 0 Å². The number of rotatable bonds is 9. The minimum atomic E-state index is 0.378. The fourth-order valence-electron chi connectivity index (χ4n) is 2.22. The average Bonchev–Trinajstić information content (AvgIpc) is 2.99. The van der Waals surface area contributed by atoms with Gasteiger partial charge in [0.2, 0.25) is 0 Å². The van der Waals surface area contributed by atoms with Crippen LogP contribution in [0.4, 0.5) is 0 Å². The van der Waals surface area contributed by atoms with Crippen LogP contribution in [0, 0.1) is 11.8 Å². The SMILES string of the molecule is CC(C)OCCCCNC(C(C)C)C1CC1. The van der Waals surface area contributed by atoms with Crippen molar-refractivity contribution in [2.24, 2.45) is 11.8 Å². The largest absolute Gasteiger partial charge is 0.379 e. The van der Waals surface area contributed by atoms with Crippen molar-refractivity contribution in [2.45, 2.75) is 65.5 Å². The van der Waals surface area contributed by atoms with Crippen LogP contribution in [0.2, 0.25) is 0 Å². The van der Waals surface area contributed by atoms with E-state index < -0.39 is 0 Å². The van der Waals surface area contributed by atoms with E-state index in [2.05, 4.69) is 33.0 Å². The molecule has 0 amide bonds. The molecule has 1 saturated carbocycles. The molecule has 0 saturated heterocycles. The summed E-state index contributed by atoms with van der Waals surface area (Å²) in [6, 6.07) is 0.756. The van der Waals surface area contributed by atoms with Crippen LogP contribution in [0.3, 0.4) is 0 Å². The molecule has 0 aliphatic heterocycles. The quantitative estimate of drug-likeness (QED) is 0.611. The maximum atomic E-state index is 5.53. The van der Waals surface area contributed by atoms with Crippen molar-refractivity contribution >= 4 is 0 Å². The molecule has 0 heterocycles. The van der Waals surface area contributed by atoms with Crippen LogP contribution in [-0.4, -0.2) is 25.3 Å². The molecule has 0 aromatic rings. The molecule has 1 fully saturated rings. The summed E-state index contributed by atoms with van der Waals surface area (Å²) in [5, 5.41) is 3.71. The molecule has 1 aliphatic carbocycles. The summed E-state index contributed by atoms with van der Waals surface area (Å²) in [7, 11) is 0. The predicted molar refractivity (Wildman–Crippen MR) is 69.7 cm³/mol. The predicted octanol–water partition coefficient (Wildman–Crippen LogP) is 3.22. The monoisotopic (exact) mass is 227 g/mol. The summed E-state index contributed by atoms with van der Waals surface area (Å²) < 4.78 is 5.53. The number of unbranched alkanes of at least 4 members (excludes halogenated alkanes) is 1. The van der Waals surface area contributed by atoms with E-state index in [9.17, 15) is 0 Å². The van der Waals surface area contributed by atoms with Gasteiger partial charge in [-0.05, 0) is 57.9 Å². The molecule has 1 rings (SSSR count). The van der Waals surface area contributed by atoms with Crippen LogP contribution in [0.25, 0.3) is 0 Å². The third-order valence-electron chi connectivity index (χ3n) is 3.25. The Bertz CT molecular complexity index is 174. The van der Waals surface area contributed by atoms with Gasteiger partial charge in [0.1, 0.15) is 0 Å². The summed E-state index contributed by atoms with van der Waals surface area (Å²) in [4.78, 5) is 0. The highest BCUT2D eigenvalue weighted by atomic mass is 16.5. The molecule has 0 aromatic carbocycles.